The Labute approximate surface area is 174 Å². The molecule has 0 radical (unpaired) electrons. The summed E-state index contributed by atoms with van der Waals surface area (Å²) in [6, 6.07) is 10.2. The molecule has 0 aliphatic carbocycles. The van der Waals surface area contributed by atoms with Crippen molar-refractivity contribution in [2.24, 2.45) is 5.10 Å². The van der Waals surface area contributed by atoms with Crippen molar-refractivity contribution in [2.45, 2.75) is 12.5 Å². The van der Waals surface area contributed by atoms with Crippen LogP contribution in [0.25, 0.3) is 0 Å². The Morgan fingerprint density at radius 3 is 2.86 bits per heavy atom. The number of nitrogens with zero attached hydrogens (tertiary/aromatic N) is 2. The van der Waals surface area contributed by atoms with E-state index in [1.165, 1.54) is 28.7 Å². The molecule has 9 heteroatoms. The van der Waals surface area contributed by atoms with Gasteiger partial charge < -0.3 is 9.15 Å². The smallest absolute Gasteiger partial charge is 0.340 e. The average Bonchev–Trinajstić information content (AvgIpc) is 3.46. The Balaban J connectivity index is 1.50. The third-order valence-electron chi connectivity index (χ3n) is 4.32. The first kappa shape index (κ1) is 19.4. The summed E-state index contributed by atoms with van der Waals surface area (Å²) >= 11 is 7.39. The number of carbonyl (C=O) groups is 2. The summed E-state index contributed by atoms with van der Waals surface area (Å²) in [5.41, 5.74) is 0.732. The molecule has 0 N–H and O–H groups in total. The van der Waals surface area contributed by atoms with E-state index in [9.17, 15) is 14.0 Å². The van der Waals surface area contributed by atoms with E-state index in [0.29, 0.717) is 12.2 Å². The molecule has 3 heterocycles. The molecular formula is C20H14ClFN2O4S. The summed E-state index contributed by atoms with van der Waals surface area (Å²) in [5, 5.41) is 7.54. The zero-order valence-corrected chi connectivity index (χ0v) is 16.5. The van der Waals surface area contributed by atoms with Gasteiger partial charge in [-0.2, -0.15) is 5.10 Å². The van der Waals surface area contributed by atoms with Crippen LogP contribution in [0.5, 0.6) is 0 Å². The predicted molar refractivity (Wildman–Crippen MR) is 105 cm³/mol. The fourth-order valence-electron chi connectivity index (χ4n) is 2.96. The number of rotatable bonds is 5. The van der Waals surface area contributed by atoms with Crippen LogP contribution in [0.1, 0.15) is 33.5 Å². The summed E-state index contributed by atoms with van der Waals surface area (Å²) in [7, 11) is 0. The molecule has 1 unspecified atom stereocenters. The second-order valence-corrected chi connectivity index (χ2v) is 7.55. The lowest BCUT2D eigenvalue weighted by molar-refractivity contribution is -0.136. The molecule has 0 spiro atoms. The van der Waals surface area contributed by atoms with Crippen LogP contribution in [-0.4, -0.2) is 29.2 Å². The SMILES string of the molecule is O=C(OCC(=O)N1N=C(c2cccs2)CC1c1ccco1)c1ccc(F)cc1Cl. The monoisotopic (exact) mass is 432 g/mol. The van der Waals surface area contributed by atoms with E-state index in [-0.39, 0.29) is 10.6 Å². The molecule has 4 rings (SSSR count). The summed E-state index contributed by atoms with van der Waals surface area (Å²) in [6.45, 7) is -0.537. The molecule has 0 bridgehead atoms. The van der Waals surface area contributed by atoms with Crippen LogP contribution in [0.2, 0.25) is 5.02 Å². The van der Waals surface area contributed by atoms with Gasteiger partial charge in [-0.1, -0.05) is 17.7 Å². The van der Waals surface area contributed by atoms with E-state index >= 15 is 0 Å². The van der Waals surface area contributed by atoms with Gasteiger partial charge in [0.2, 0.25) is 0 Å². The van der Waals surface area contributed by atoms with Crippen LogP contribution < -0.4 is 0 Å². The highest BCUT2D eigenvalue weighted by molar-refractivity contribution is 7.12. The molecule has 0 saturated carbocycles. The van der Waals surface area contributed by atoms with Gasteiger partial charge in [-0.3, -0.25) is 4.79 Å². The molecule has 0 saturated heterocycles. The largest absolute Gasteiger partial charge is 0.467 e. The van der Waals surface area contributed by atoms with Gasteiger partial charge in [-0.25, -0.2) is 14.2 Å². The molecule has 6 nitrogen and oxygen atoms in total. The molecule has 148 valence electrons. The van der Waals surface area contributed by atoms with E-state index in [0.717, 1.165) is 22.7 Å². The molecule has 0 fully saturated rings. The molecular weight excluding hydrogens is 419 g/mol. The second kappa shape index (κ2) is 8.18. The number of hydrogen-bond acceptors (Lipinski definition) is 6. The van der Waals surface area contributed by atoms with E-state index < -0.39 is 30.3 Å². The van der Waals surface area contributed by atoms with Crippen molar-refractivity contribution < 1.29 is 23.1 Å². The molecule has 1 amide bonds. The van der Waals surface area contributed by atoms with Crippen LogP contribution in [0.4, 0.5) is 4.39 Å². The number of hydrogen-bond donors (Lipinski definition) is 0. The van der Waals surface area contributed by atoms with Gasteiger partial charge >= 0.3 is 5.97 Å². The minimum absolute atomic E-state index is 0.0207. The minimum Gasteiger partial charge on any atom is -0.467 e. The Kier molecular flexibility index (Phi) is 5.46. The van der Waals surface area contributed by atoms with Crippen molar-refractivity contribution in [1.82, 2.24) is 5.01 Å². The second-order valence-electron chi connectivity index (χ2n) is 6.20. The fourth-order valence-corrected chi connectivity index (χ4v) is 3.93. The maximum atomic E-state index is 13.1. The Hall–Kier alpha value is -2.97. The van der Waals surface area contributed by atoms with Crippen molar-refractivity contribution in [1.29, 1.82) is 0 Å². The van der Waals surface area contributed by atoms with Gasteiger partial charge in [0.1, 0.15) is 17.6 Å². The Bertz CT molecular complexity index is 1070. The highest BCUT2D eigenvalue weighted by Gasteiger charge is 2.35. The standard InChI is InChI=1S/C20H14ClFN2O4S/c21-14-9-12(22)5-6-13(14)20(26)28-11-19(25)24-16(17-3-1-7-27-17)10-15(23-24)18-4-2-8-29-18/h1-9,16H,10-11H2. The maximum Gasteiger partial charge on any atom is 0.340 e. The molecule has 2 aromatic heterocycles. The Morgan fingerprint density at radius 2 is 2.17 bits per heavy atom. The van der Waals surface area contributed by atoms with E-state index in [4.69, 9.17) is 20.8 Å². The fraction of sp³-hybridized carbons (Fsp3) is 0.150. The van der Waals surface area contributed by atoms with E-state index in [1.54, 1.807) is 12.1 Å². The number of benzene rings is 1. The van der Waals surface area contributed by atoms with Crippen molar-refractivity contribution in [3.8, 4) is 0 Å². The van der Waals surface area contributed by atoms with Crippen molar-refractivity contribution in [3.63, 3.8) is 0 Å². The van der Waals surface area contributed by atoms with Gasteiger partial charge in [0, 0.05) is 6.42 Å². The average molecular weight is 433 g/mol. The molecule has 1 atom stereocenters. The molecule has 1 aliphatic rings. The lowest BCUT2D eigenvalue weighted by Gasteiger charge is -2.19. The first-order chi connectivity index (χ1) is 14.0. The number of esters is 1. The number of carbonyl (C=O) groups excluding carboxylic acids is 2. The third kappa shape index (κ3) is 4.08. The zero-order chi connectivity index (χ0) is 20.4. The van der Waals surface area contributed by atoms with Crippen molar-refractivity contribution >= 4 is 40.5 Å². The summed E-state index contributed by atoms with van der Waals surface area (Å²) in [6.07, 6.45) is 2.01. The summed E-state index contributed by atoms with van der Waals surface area (Å²) in [5.74, 6) is -1.32. The zero-order valence-electron chi connectivity index (χ0n) is 14.9. The topological polar surface area (TPSA) is 72.1 Å². The Morgan fingerprint density at radius 1 is 1.31 bits per heavy atom. The normalized spacial score (nSPS) is 16.0. The van der Waals surface area contributed by atoms with E-state index in [1.807, 2.05) is 17.5 Å². The minimum atomic E-state index is -0.820. The molecule has 29 heavy (non-hydrogen) atoms. The molecule has 1 aromatic carbocycles. The van der Waals surface area contributed by atoms with Crippen LogP contribution in [0.15, 0.2) is 63.6 Å². The van der Waals surface area contributed by atoms with Gasteiger partial charge in [0.25, 0.3) is 5.91 Å². The van der Waals surface area contributed by atoms with Crippen LogP contribution >= 0.6 is 22.9 Å². The van der Waals surface area contributed by atoms with Crippen LogP contribution in [-0.2, 0) is 9.53 Å². The first-order valence-electron chi connectivity index (χ1n) is 8.62. The lowest BCUT2D eigenvalue weighted by Crippen LogP contribution is -2.31. The highest BCUT2D eigenvalue weighted by atomic mass is 35.5. The molecule has 3 aromatic rings. The number of amides is 1. The van der Waals surface area contributed by atoms with Crippen LogP contribution in [0.3, 0.4) is 0 Å². The lowest BCUT2D eigenvalue weighted by atomic mass is 10.1. The number of ether oxygens (including phenoxy) is 1. The van der Waals surface area contributed by atoms with Crippen molar-refractivity contribution in [2.75, 3.05) is 6.61 Å². The van der Waals surface area contributed by atoms with Gasteiger partial charge in [-0.05, 0) is 41.8 Å². The van der Waals surface area contributed by atoms with Gasteiger partial charge in [0.05, 0.1) is 27.4 Å². The van der Waals surface area contributed by atoms with Crippen LogP contribution in [0, 0.1) is 5.82 Å². The number of halogens is 2. The number of furan rings is 1. The maximum absolute atomic E-state index is 13.1. The number of thiophene rings is 1. The summed E-state index contributed by atoms with van der Waals surface area (Å²) in [4.78, 5) is 25.9. The first-order valence-corrected chi connectivity index (χ1v) is 9.87. The third-order valence-corrected chi connectivity index (χ3v) is 5.55. The van der Waals surface area contributed by atoms with E-state index in [2.05, 4.69) is 5.10 Å². The summed E-state index contributed by atoms with van der Waals surface area (Å²) < 4.78 is 23.7. The van der Waals surface area contributed by atoms with Crippen molar-refractivity contribution in [3.05, 3.63) is 81.1 Å². The predicted octanol–water partition coefficient (Wildman–Crippen LogP) is 4.67. The number of hydrazone groups is 1. The van der Waals surface area contributed by atoms with Gasteiger partial charge in [-0.15, -0.1) is 11.3 Å². The van der Waals surface area contributed by atoms with Gasteiger partial charge in [0.15, 0.2) is 6.61 Å². The highest BCUT2D eigenvalue weighted by Crippen LogP contribution is 2.34. The molecule has 1 aliphatic heterocycles. The quantitative estimate of drug-likeness (QED) is 0.549.